The molecule has 1 aliphatic rings. The zero-order valence-electron chi connectivity index (χ0n) is 5.51. The molecule has 2 N–H and O–H groups in total. The van der Waals surface area contributed by atoms with Crippen LogP contribution in [0.2, 0.25) is 0 Å². The number of nitrogens with two attached hydrogens (primary N) is 1. The van der Waals surface area contributed by atoms with E-state index in [2.05, 4.69) is 0 Å². The van der Waals surface area contributed by atoms with Gasteiger partial charge in [0.05, 0.1) is 0 Å². The molecule has 1 rings (SSSR count). The van der Waals surface area contributed by atoms with Crippen LogP contribution in [0.4, 0.5) is 0 Å². The minimum atomic E-state index is 0. The van der Waals surface area contributed by atoms with E-state index in [0.717, 1.165) is 0 Å². The molecule has 0 heterocycles. The van der Waals surface area contributed by atoms with E-state index in [9.17, 15) is 0 Å². The standard InChI is InChI=1S/C7H13N.Pt/c8-6-7-4-2-1-3-5-7;/h6H,1-5,8H2;. The van der Waals surface area contributed by atoms with Crippen LogP contribution in [0.3, 0.4) is 0 Å². The molecule has 0 amide bonds. The van der Waals surface area contributed by atoms with Crippen LogP contribution in [0.1, 0.15) is 32.1 Å². The van der Waals surface area contributed by atoms with Crippen molar-refractivity contribution in [2.75, 3.05) is 0 Å². The third-order valence-corrected chi connectivity index (χ3v) is 1.73. The molecular weight excluding hydrogens is 293 g/mol. The van der Waals surface area contributed by atoms with Crippen LogP contribution in [-0.4, -0.2) is 0 Å². The summed E-state index contributed by atoms with van der Waals surface area (Å²) in [6.45, 7) is 0. The van der Waals surface area contributed by atoms with Crippen LogP contribution >= 0.6 is 0 Å². The Kier molecular flexibility index (Phi) is 5.18. The summed E-state index contributed by atoms with van der Waals surface area (Å²) in [5.74, 6) is 0. The third kappa shape index (κ3) is 3.05. The first-order valence-corrected chi connectivity index (χ1v) is 3.33. The molecule has 9 heavy (non-hydrogen) atoms. The smallest absolute Gasteiger partial charge is 0 e. The summed E-state index contributed by atoms with van der Waals surface area (Å²) in [5, 5.41) is 0. The molecular formula is C7H13NPt. The molecule has 1 saturated carbocycles. The maximum absolute atomic E-state index is 5.34. The average molecular weight is 306 g/mol. The fourth-order valence-corrected chi connectivity index (χ4v) is 1.17. The maximum atomic E-state index is 5.34. The molecule has 1 nitrogen and oxygen atoms in total. The van der Waals surface area contributed by atoms with Gasteiger partial charge in [-0.25, -0.2) is 0 Å². The Morgan fingerprint density at radius 1 is 1.11 bits per heavy atom. The van der Waals surface area contributed by atoms with Gasteiger partial charge in [-0.3, -0.25) is 0 Å². The zero-order valence-corrected chi connectivity index (χ0v) is 7.78. The van der Waals surface area contributed by atoms with Gasteiger partial charge in [0, 0.05) is 21.1 Å². The van der Waals surface area contributed by atoms with Gasteiger partial charge in [-0.2, -0.15) is 0 Å². The third-order valence-electron chi connectivity index (χ3n) is 1.73. The monoisotopic (exact) mass is 306 g/mol. The SMILES string of the molecule is NC=C1CCCCC1.[Pt]. The summed E-state index contributed by atoms with van der Waals surface area (Å²) < 4.78 is 0. The first-order valence-electron chi connectivity index (χ1n) is 3.33. The fraction of sp³-hybridized carbons (Fsp3) is 0.714. The Morgan fingerprint density at radius 3 is 2.00 bits per heavy atom. The maximum Gasteiger partial charge on any atom is 0 e. The minimum Gasteiger partial charge on any atom is -0.405 e. The Balaban J connectivity index is 0.000000640. The van der Waals surface area contributed by atoms with E-state index in [4.69, 9.17) is 5.73 Å². The van der Waals surface area contributed by atoms with Crippen molar-refractivity contribution < 1.29 is 21.1 Å². The van der Waals surface area contributed by atoms with Gasteiger partial charge >= 0.3 is 0 Å². The first kappa shape index (κ1) is 9.23. The molecule has 0 saturated heterocycles. The second-order valence-electron chi connectivity index (χ2n) is 2.39. The molecule has 0 bridgehead atoms. The zero-order chi connectivity index (χ0) is 5.82. The second kappa shape index (κ2) is 5.05. The van der Waals surface area contributed by atoms with Crippen LogP contribution in [0.5, 0.6) is 0 Å². The summed E-state index contributed by atoms with van der Waals surface area (Å²) in [6, 6.07) is 0. The van der Waals surface area contributed by atoms with E-state index >= 15 is 0 Å². The fourth-order valence-electron chi connectivity index (χ4n) is 1.17. The van der Waals surface area contributed by atoms with Crippen molar-refractivity contribution in [1.29, 1.82) is 0 Å². The Morgan fingerprint density at radius 2 is 1.67 bits per heavy atom. The summed E-state index contributed by atoms with van der Waals surface area (Å²) in [7, 11) is 0. The van der Waals surface area contributed by atoms with Crippen LogP contribution < -0.4 is 5.73 Å². The van der Waals surface area contributed by atoms with Gasteiger partial charge in [0.15, 0.2) is 0 Å². The molecule has 0 radical (unpaired) electrons. The summed E-state index contributed by atoms with van der Waals surface area (Å²) >= 11 is 0. The van der Waals surface area contributed by atoms with Gasteiger partial charge < -0.3 is 5.73 Å². The van der Waals surface area contributed by atoms with E-state index in [1.165, 1.54) is 37.7 Å². The van der Waals surface area contributed by atoms with Gasteiger partial charge in [0.1, 0.15) is 0 Å². The van der Waals surface area contributed by atoms with Gasteiger partial charge in [-0.1, -0.05) is 12.0 Å². The summed E-state index contributed by atoms with van der Waals surface area (Å²) in [4.78, 5) is 0. The predicted octanol–water partition coefficient (Wildman–Crippen LogP) is 1.79. The molecule has 56 valence electrons. The number of allylic oxidation sites excluding steroid dienone is 1. The van der Waals surface area contributed by atoms with Crippen LogP contribution in [-0.2, 0) is 21.1 Å². The van der Waals surface area contributed by atoms with Crippen molar-refractivity contribution in [3.8, 4) is 0 Å². The molecule has 0 spiro atoms. The largest absolute Gasteiger partial charge is 0.405 e. The normalized spacial score (nSPS) is 18.4. The Bertz CT molecular complexity index is 91.1. The number of hydrogen-bond donors (Lipinski definition) is 1. The van der Waals surface area contributed by atoms with E-state index in [1.807, 2.05) is 0 Å². The predicted molar refractivity (Wildman–Crippen MR) is 35.4 cm³/mol. The van der Waals surface area contributed by atoms with Crippen molar-refractivity contribution in [1.82, 2.24) is 0 Å². The van der Waals surface area contributed by atoms with Crippen LogP contribution in [0, 0.1) is 0 Å². The van der Waals surface area contributed by atoms with Gasteiger partial charge in [0.2, 0.25) is 0 Å². The topological polar surface area (TPSA) is 26.0 Å². The van der Waals surface area contributed by atoms with E-state index in [-0.39, 0.29) is 21.1 Å². The van der Waals surface area contributed by atoms with Crippen LogP contribution in [0.15, 0.2) is 11.8 Å². The van der Waals surface area contributed by atoms with Crippen molar-refractivity contribution in [2.45, 2.75) is 32.1 Å². The van der Waals surface area contributed by atoms with Crippen molar-refractivity contribution in [2.24, 2.45) is 5.73 Å². The second-order valence-corrected chi connectivity index (χ2v) is 2.39. The van der Waals surface area contributed by atoms with E-state index in [0.29, 0.717) is 0 Å². The molecule has 0 aromatic heterocycles. The quantitative estimate of drug-likeness (QED) is 0.725. The molecule has 0 aromatic carbocycles. The molecule has 0 unspecified atom stereocenters. The summed E-state index contributed by atoms with van der Waals surface area (Å²) in [6.07, 6.45) is 8.37. The molecule has 0 atom stereocenters. The molecule has 0 aliphatic heterocycles. The molecule has 2 heteroatoms. The molecule has 0 aromatic rings. The average Bonchev–Trinajstić information content (AvgIpc) is 1.90. The van der Waals surface area contributed by atoms with Gasteiger partial charge in [-0.15, -0.1) is 0 Å². The minimum absolute atomic E-state index is 0. The molecule has 1 fully saturated rings. The van der Waals surface area contributed by atoms with Crippen molar-refractivity contribution in [3.63, 3.8) is 0 Å². The molecule has 1 aliphatic carbocycles. The Labute approximate surface area is 71.0 Å². The van der Waals surface area contributed by atoms with Crippen molar-refractivity contribution in [3.05, 3.63) is 11.8 Å². The van der Waals surface area contributed by atoms with E-state index < -0.39 is 0 Å². The Hall–Kier alpha value is 0.228. The van der Waals surface area contributed by atoms with Gasteiger partial charge in [-0.05, 0) is 31.9 Å². The number of hydrogen-bond acceptors (Lipinski definition) is 1. The van der Waals surface area contributed by atoms with E-state index in [1.54, 1.807) is 6.20 Å². The van der Waals surface area contributed by atoms with Gasteiger partial charge in [0.25, 0.3) is 0 Å². The van der Waals surface area contributed by atoms with Crippen molar-refractivity contribution >= 4 is 0 Å². The first-order chi connectivity index (χ1) is 3.93. The van der Waals surface area contributed by atoms with Crippen LogP contribution in [0.25, 0.3) is 0 Å². The number of rotatable bonds is 0. The summed E-state index contributed by atoms with van der Waals surface area (Å²) in [5.41, 5.74) is 6.80.